The molecule has 6 heteroatoms. The van der Waals surface area contributed by atoms with Crippen molar-refractivity contribution in [3.63, 3.8) is 0 Å². The number of fused-ring (bicyclic) bond motifs is 1. The summed E-state index contributed by atoms with van der Waals surface area (Å²) in [5, 5.41) is 1.10. The topological polar surface area (TPSA) is 62.4 Å². The van der Waals surface area contributed by atoms with Crippen molar-refractivity contribution in [1.29, 1.82) is 0 Å². The number of esters is 1. The predicted molar refractivity (Wildman–Crippen MR) is 91.6 cm³/mol. The van der Waals surface area contributed by atoms with Crippen LogP contribution >= 0.6 is 11.6 Å². The van der Waals surface area contributed by atoms with Crippen molar-refractivity contribution in [2.24, 2.45) is 0 Å². The van der Waals surface area contributed by atoms with Crippen LogP contribution in [0.5, 0.6) is 5.75 Å². The molecule has 5 nitrogen and oxygen atoms in total. The minimum atomic E-state index is -0.430. The van der Waals surface area contributed by atoms with E-state index in [0.717, 1.165) is 31.6 Å². The number of rotatable bonds is 3. The number of carbonyl (C=O) groups excluding carboxylic acids is 1. The molecule has 1 aromatic carbocycles. The minimum absolute atomic E-state index is 0.0243. The summed E-state index contributed by atoms with van der Waals surface area (Å²) >= 11 is 6.39. The van der Waals surface area contributed by atoms with Gasteiger partial charge in [0.15, 0.2) is 5.75 Å². The molecule has 0 saturated carbocycles. The number of hydrogen-bond acceptors (Lipinski definition) is 4. The summed E-state index contributed by atoms with van der Waals surface area (Å²) in [6.45, 7) is 3.56. The fourth-order valence-corrected chi connectivity index (χ4v) is 3.14. The normalized spacial score (nSPS) is 15.0. The second kappa shape index (κ2) is 6.62. The van der Waals surface area contributed by atoms with Crippen LogP contribution < -0.4 is 15.1 Å². The second-order valence-electron chi connectivity index (χ2n) is 5.71. The molecule has 1 N–H and O–H groups in total. The lowest BCUT2D eigenvalue weighted by molar-refractivity contribution is -0.134. The highest BCUT2D eigenvalue weighted by molar-refractivity contribution is 6.34. The number of aromatic nitrogens is 1. The molecule has 0 atom stereocenters. The van der Waals surface area contributed by atoms with E-state index in [2.05, 4.69) is 9.88 Å². The van der Waals surface area contributed by atoms with E-state index >= 15 is 0 Å². The summed E-state index contributed by atoms with van der Waals surface area (Å²) in [5.41, 5.74) is 1.20. The Morgan fingerprint density at radius 2 is 2.04 bits per heavy atom. The van der Waals surface area contributed by atoms with Crippen LogP contribution in [0.15, 0.2) is 23.1 Å². The molecule has 0 spiro atoms. The molecule has 1 aliphatic heterocycles. The first-order valence-corrected chi connectivity index (χ1v) is 8.28. The van der Waals surface area contributed by atoms with E-state index in [-0.39, 0.29) is 17.6 Å². The lowest BCUT2D eigenvalue weighted by Gasteiger charge is -2.29. The number of aromatic amines is 1. The Morgan fingerprint density at radius 1 is 1.30 bits per heavy atom. The van der Waals surface area contributed by atoms with Gasteiger partial charge in [0.05, 0.1) is 21.6 Å². The summed E-state index contributed by atoms with van der Waals surface area (Å²) in [5.74, 6) is -0.406. The van der Waals surface area contributed by atoms with Crippen molar-refractivity contribution in [3.8, 4) is 5.75 Å². The molecule has 2 heterocycles. The van der Waals surface area contributed by atoms with Crippen LogP contribution in [0.3, 0.4) is 0 Å². The van der Waals surface area contributed by atoms with Crippen LogP contribution in [-0.4, -0.2) is 24.0 Å². The van der Waals surface area contributed by atoms with Crippen LogP contribution in [0, 0.1) is 0 Å². The van der Waals surface area contributed by atoms with E-state index in [9.17, 15) is 9.59 Å². The van der Waals surface area contributed by atoms with Crippen LogP contribution in [0.2, 0.25) is 5.02 Å². The molecule has 2 aromatic rings. The number of hydrogen-bond donors (Lipinski definition) is 1. The number of benzene rings is 1. The zero-order valence-electron chi connectivity index (χ0n) is 13.0. The van der Waals surface area contributed by atoms with E-state index in [1.54, 1.807) is 19.1 Å². The molecule has 122 valence electrons. The highest BCUT2D eigenvalue weighted by Crippen LogP contribution is 2.31. The molecule has 23 heavy (non-hydrogen) atoms. The zero-order chi connectivity index (χ0) is 16.4. The number of nitrogens with zero attached hydrogens (tertiary/aromatic N) is 1. The Kier molecular flexibility index (Phi) is 4.57. The fraction of sp³-hybridized carbons (Fsp3) is 0.412. The molecule has 0 bridgehead atoms. The van der Waals surface area contributed by atoms with Gasteiger partial charge in [-0.3, -0.25) is 9.59 Å². The number of piperidine rings is 1. The number of anilines is 1. The molecular formula is C17H19ClN2O3. The lowest BCUT2D eigenvalue weighted by Crippen LogP contribution is -2.29. The molecule has 3 rings (SSSR count). The SMILES string of the molecule is CCC(=O)Oc1c[nH]c2cc(Cl)c(N3CCCCC3)cc2c1=O. The van der Waals surface area contributed by atoms with Gasteiger partial charge in [0.25, 0.3) is 0 Å². The molecule has 0 unspecified atom stereocenters. The van der Waals surface area contributed by atoms with Crippen LogP contribution in [-0.2, 0) is 4.79 Å². The number of carbonyl (C=O) groups is 1. The van der Waals surface area contributed by atoms with Gasteiger partial charge in [-0.05, 0) is 31.4 Å². The maximum Gasteiger partial charge on any atom is 0.311 e. The van der Waals surface area contributed by atoms with Crippen molar-refractivity contribution < 1.29 is 9.53 Å². The van der Waals surface area contributed by atoms with Gasteiger partial charge in [-0.15, -0.1) is 0 Å². The van der Waals surface area contributed by atoms with Gasteiger partial charge in [0, 0.05) is 25.7 Å². The lowest BCUT2D eigenvalue weighted by atomic mass is 10.1. The smallest absolute Gasteiger partial charge is 0.311 e. The standard InChI is InChI=1S/C17H19ClN2O3/c1-2-16(21)23-15-10-19-13-9-12(18)14(8-11(13)17(15)22)20-6-4-3-5-7-20/h8-10H,2-7H2,1H3,(H,19,22). The van der Waals surface area contributed by atoms with E-state index in [0.29, 0.717) is 15.9 Å². The summed E-state index contributed by atoms with van der Waals surface area (Å²) in [4.78, 5) is 29.2. The Morgan fingerprint density at radius 3 is 2.74 bits per heavy atom. The van der Waals surface area contributed by atoms with Gasteiger partial charge in [-0.2, -0.15) is 0 Å². The average molecular weight is 335 g/mol. The van der Waals surface area contributed by atoms with Crippen LogP contribution in [0.25, 0.3) is 10.9 Å². The quantitative estimate of drug-likeness (QED) is 0.873. The van der Waals surface area contributed by atoms with Crippen molar-refractivity contribution >= 4 is 34.2 Å². The molecule has 1 fully saturated rings. The number of pyridine rings is 1. The van der Waals surface area contributed by atoms with Gasteiger partial charge < -0.3 is 14.6 Å². The van der Waals surface area contributed by atoms with Gasteiger partial charge >= 0.3 is 5.97 Å². The van der Waals surface area contributed by atoms with Gasteiger partial charge in [0.2, 0.25) is 5.43 Å². The number of ether oxygens (including phenoxy) is 1. The maximum atomic E-state index is 12.6. The highest BCUT2D eigenvalue weighted by atomic mass is 35.5. The Balaban J connectivity index is 2.06. The van der Waals surface area contributed by atoms with Crippen molar-refractivity contribution in [3.05, 3.63) is 33.6 Å². The monoisotopic (exact) mass is 334 g/mol. The van der Waals surface area contributed by atoms with Crippen molar-refractivity contribution in [2.75, 3.05) is 18.0 Å². The third-order valence-electron chi connectivity index (χ3n) is 4.12. The first kappa shape index (κ1) is 15.9. The predicted octanol–water partition coefficient (Wildman–Crippen LogP) is 3.49. The Hall–Kier alpha value is -2.01. The summed E-state index contributed by atoms with van der Waals surface area (Å²) < 4.78 is 5.09. The minimum Gasteiger partial charge on any atom is -0.421 e. The third kappa shape index (κ3) is 3.20. The number of nitrogens with one attached hydrogen (secondary N) is 1. The molecular weight excluding hydrogens is 316 g/mol. The molecule has 1 aromatic heterocycles. The fourth-order valence-electron chi connectivity index (χ4n) is 2.86. The van der Waals surface area contributed by atoms with Crippen molar-refractivity contribution in [2.45, 2.75) is 32.6 Å². The van der Waals surface area contributed by atoms with E-state index < -0.39 is 5.97 Å². The number of H-pyrrole nitrogens is 1. The second-order valence-corrected chi connectivity index (χ2v) is 6.11. The average Bonchev–Trinajstić information content (AvgIpc) is 2.57. The largest absolute Gasteiger partial charge is 0.421 e. The summed E-state index contributed by atoms with van der Waals surface area (Å²) in [6, 6.07) is 3.55. The van der Waals surface area contributed by atoms with Gasteiger partial charge in [-0.25, -0.2) is 0 Å². The Labute approximate surface area is 139 Å². The maximum absolute atomic E-state index is 12.6. The molecule has 1 aliphatic rings. The van der Waals surface area contributed by atoms with E-state index in [4.69, 9.17) is 16.3 Å². The first-order valence-electron chi connectivity index (χ1n) is 7.90. The summed E-state index contributed by atoms with van der Waals surface area (Å²) in [6.07, 6.45) is 5.10. The highest BCUT2D eigenvalue weighted by Gasteiger charge is 2.17. The molecule has 1 saturated heterocycles. The van der Waals surface area contributed by atoms with E-state index in [1.807, 2.05) is 0 Å². The number of halogens is 1. The van der Waals surface area contributed by atoms with Crippen LogP contribution in [0.4, 0.5) is 5.69 Å². The molecule has 0 radical (unpaired) electrons. The van der Waals surface area contributed by atoms with Gasteiger partial charge in [0.1, 0.15) is 0 Å². The first-order chi connectivity index (χ1) is 11.1. The van der Waals surface area contributed by atoms with Crippen LogP contribution in [0.1, 0.15) is 32.6 Å². The zero-order valence-corrected chi connectivity index (χ0v) is 13.8. The summed E-state index contributed by atoms with van der Waals surface area (Å²) in [7, 11) is 0. The van der Waals surface area contributed by atoms with E-state index in [1.165, 1.54) is 12.6 Å². The van der Waals surface area contributed by atoms with Gasteiger partial charge in [-0.1, -0.05) is 18.5 Å². The molecule has 0 aliphatic carbocycles. The van der Waals surface area contributed by atoms with Crippen molar-refractivity contribution in [1.82, 2.24) is 4.98 Å². The Bertz CT molecular complexity index is 794. The molecule has 0 amide bonds. The third-order valence-corrected chi connectivity index (χ3v) is 4.43.